The first kappa shape index (κ1) is 21.0. The minimum atomic E-state index is -3.75. The number of sulfonamides is 1. The summed E-state index contributed by atoms with van der Waals surface area (Å²) in [6.07, 6.45) is 0. The number of ether oxygens (including phenoxy) is 1. The van der Waals surface area contributed by atoms with Gasteiger partial charge in [-0.05, 0) is 54.6 Å². The van der Waals surface area contributed by atoms with Gasteiger partial charge < -0.3 is 9.64 Å². The molecule has 4 rings (SSSR count). The van der Waals surface area contributed by atoms with E-state index < -0.39 is 21.8 Å². The van der Waals surface area contributed by atoms with E-state index in [-0.39, 0.29) is 16.2 Å². The Morgan fingerprint density at radius 2 is 1.52 bits per heavy atom. The molecule has 0 aliphatic carbocycles. The van der Waals surface area contributed by atoms with Crippen molar-refractivity contribution in [3.05, 3.63) is 90.2 Å². The Kier molecular flexibility index (Phi) is 6.01. The minimum absolute atomic E-state index is 0.0363. The fourth-order valence-electron chi connectivity index (χ4n) is 3.43. The lowest BCUT2D eigenvalue weighted by atomic mass is 10.2. The van der Waals surface area contributed by atoms with Gasteiger partial charge in [0.05, 0.1) is 10.5 Å². The number of para-hydroxylation sites is 1. The zero-order valence-electron chi connectivity index (χ0n) is 16.6. The molecule has 0 amide bonds. The molecule has 1 saturated heterocycles. The van der Waals surface area contributed by atoms with Crippen molar-refractivity contribution in [1.82, 2.24) is 4.31 Å². The number of benzene rings is 3. The van der Waals surface area contributed by atoms with Crippen molar-refractivity contribution < 1.29 is 22.3 Å². The number of esters is 1. The van der Waals surface area contributed by atoms with E-state index in [4.69, 9.17) is 4.74 Å². The zero-order valence-corrected chi connectivity index (χ0v) is 17.5. The third-order valence-corrected chi connectivity index (χ3v) is 6.99. The van der Waals surface area contributed by atoms with Crippen LogP contribution in [0.1, 0.15) is 10.4 Å². The van der Waals surface area contributed by atoms with Crippen molar-refractivity contribution in [2.45, 2.75) is 4.90 Å². The summed E-state index contributed by atoms with van der Waals surface area (Å²) in [5, 5.41) is 0. The summed E-state index contributed by atoms with van der Waals surface area (Å²) in [5.41, 5.74) is 1.17. The highest BCUT2D eigenvalue weighted by atomic mass is 32.2. The van der Waals surface area contributed by atoms with Gasteiger partial charge in [0.25, 0.3) is 0 Å². The first-order chi connectivity index (χ1) is 14.9. The third kappa shape index (κ3) is 4.76. The largest absolute Gasteiger partial charge is 0.423 e. The summed E-state index contributed by atoms with van der Waals surface area (Å²) in [7, 11) is -3.75. The Morgan fingerprint density at radius 3 is 2.19 bits per heavy atom. The fourth-order valence-corrected chi connectivity index (χ4v) is 4.90. The average molecular weight is 440 g/mol. The number of halogens is 1. The fraction of sp³-hybridized carbons (Fsp3) is 0.174. The van der Waals surface area contributed by atoms with Crippen molar-refractivity contribution in [1.29, 1.82) is 0 Å². The van der Waals surface area contributed by atoms with Crippen LogP contribution >= 0.6 is 0 Å². The standard InChI is InChI=1S/C23H21FN2O4S/c24-19-9-11-21(12-10-19)30-23(27)18-5-4-8-22(17-18)31(28,29)26-15-13-25(14-16-26)20-6-2-1-3-7-20/h1-12,17H,13-16H2. The lowest BCUT2D eigenvalue weighted by Gasteiger charge is -2.35. The van der Waals surface area contributed by atoms with Crippen LogP contribution in [0.25, 0.3) is 0 Å². The molecule has 0 aromatic heterocycles. The Hall–Kier alpha value is -3.23. The van der Waals surface area contributed by atoms with E-state index in [1.165, 1.54) is 52.8 Å². The van der Waals surface area contributed by atoms with Crippen molar-refractivity contribution in [2.24, 2.45) is 0 Å². The van der Waals surface area contributed by atoms with E-state index >= 15 is 0 Å². The van der Waals surface area contributed by atoms with Crippen molar-refractivity contribution >= 4 is 21.7 Å². The van der Waals surface area contributed by atoms with Gasteiger partial charge in [-0.1, -0.05) is 24.3 Å². The summed E-state index contributed by atoms with van der Waals surface area (Å²) in [6.45, 7) is 1.86. The number of carbonyl (C=O) groups is 1. The Labute approximate surface area is 180 Å². The number of anilines is 1. The van der Waals surface area contributed by atoms with Gasteiger partial charge in [-0.3, -0.25) is 0 Å². The molecule has 1 aliphatic rings. The van der Waals surface area contributed by atoms with E-state index in [0.29, 0.717) is 26.2 Å². The van der Waals surface area contributed by atoms with Gasteiger partial charge in [0.2, 0.25) is 10.0 Å². The van der Waals surface area contributed by atoms with E-state index in [0.717, 1.165) is 5.69 Å². The summed E-state index contributed by atoms with van der Waals surface area (Å²) in [6, 6.07) is 20.6. The molecule has 1 fully saturated rings. The van der Waals surface area contributed by atoms with Gasteiger partial charge in [0.15, 0.2) is 0 Å². The molecule has 6 nitrogen and oxygen atoms in total. The lowest BCUT2D eigenvalue weighted by Crippen LogP contribution is -2.48. The van der Waals surface area contributed by atoms with Crippen LogP contribution in [0.4, 0.5) is 10.1 Å². The summed E-state index contributed by atoms with van der Waals surface area (Å²) < 4.78 is 45.9. The van der Waals surface area contributed by atoms with Gasteiger partial charge in [-0.25, -0.2) is 17.6 Å². The summed E-state index contributed by atoms with van der Waals surface area (Å²) >= 11 is 0. The summed E-state index contributed by atoms with van der Waals surface area (Å²) in [4.78, 5) is 14.6. The van der Waals surface area contributed by atoms with E-state index in [2.05, 4.69) is 4.90 Å². The molecule has 160 valence electrons. The Balaban J connectivity index is 1.46. The molecule has 0 N–H and O–H groups in total. The van der Waals surface area contributed by atoms with Crippen LogP contribution in [0.15, 0.2) is 83.8 Å². The molecule has 3 aromatic carbocycles. The van der Waals surface area contributed by atoms with Gasteiger partial charge in [0, 0.05) is 31.9 Å². The highest BCUT2D eigenvalue weighted by molar-refractivity contribution is 7.89. The van der Waals surface area contributed by atoms with Crippen LogP contribution in [0.2, 0.25) is 0 Å². The highest BCUT2D eigenvalue weighted by Gasteiger charge is 2.29. The molecular weight excluding hydrogens is 419 g/mol. The zero-order chi connectivity index (χ0) is 21.8. The maximum Gasteiger partial charge on any atom is 0.343 e. The molecule has 31 heavy (non-hydrogen) atoms. The van der Waals surface area contributed by atoms with Crippen molar-refractivity contribution in [3.63, 3.8) is 0 Å². The highest BCUT2D eigenvalue weighted by Crippen LogP contribution is 2.22. The van der Waals surface area contributed by atoms with Crippen LogP contribution in [0.3, 0.4) is 0 Å². The number of nitrogens with zero attached hydrogens (tertiary/aromatic N) is 2. The molecule has 0 spiro atoms. The molecule has 0 atom stereocenters. The Morgan fingerprint density at radius 1 is 0.839 bits per heavy atom. The predicted octanol–water partition coefficient (Wildman–Crippen LogP) is 3.56. The quantitative estimate of drug-likeness (QED) is 0.448. The van der Waals surface area contributed by atoms with Gasteiger partial charge >= 0.3 is 5.97 Å². The van der Waals surface area contributed by atoms with Crippen LogP contribution in [-0.2, 0) is 10.0 Å². The second-order valence-corrected chi connectivity index (χ2v) is 9.04. The van der Waals surface area contributed by atoms with Gasteiger partial charge in [-0.15, -0.1) is 0 Å². The second-order valence-electron chi connectivity index (χ2n) is 7.10. The first-order valence-electron chi connectivity index (χ1n) is 9.81. The maximum atomic E-state index is 13.1. The molecule has 1 aliphatic heterocycles. The van der Waals surface area contributed by atoms with Gasteiger partial charge in [-0.2, -0.15) is 4.31 Å². The van der Waals surface area contributed by atoms with E-state index in [9.17, 15) is 17.6 Å². The SMILES string of the molecule is O=C(Oc1ccc(F)cc1)c1cccc(S(=O)(=O)N2CCN(c3ccccc3)CC2)c1. The van der Waals surface area contributed by atoms with Crippen LogP contribution in [-0.4, -0.2) is 44.9 Å². The smallest absolute Gasteiger partial charge is 0.343 e. The molecule has 0 radical (unpaired) electrons. The lowest BCUT2D eigenvalue weighted by molar-refractivity contribution is 0.0734. The second kappa shape index (κ2) is 8.87. The van der Waals surface area contributed by atoms with Gasteiger partial charge in [0.1, 0.15) is 11.6 Å². The third-order valence-electron chi connectivity index (χ3n) is 5.09. The van der Waals surface area contributed by atoms with E-state index in [1.807, 2.05) is 30.3 Å². The monoisotopic (exact) mass is 440 g/mol. The average Bonchev–Trinajstić information content (AvgIpc) is 2.81. The first-order valence-corrected chi connectivity index (χ1v) is 11.3. The number of hydrogen-bond donors (Lipinski definition) is 0. The topological polar surface area (TPSA) is 66.9 Å². The number of carbonyl (C=O) groups excluding carboxylic acids is 1. The van der Waals surface area contributed by atoms with Crippen LogP contribution in [0.5, 0.6) is 5.75 Å². The maximum absolute atomic E-state index is 13.1. The predicted molar refractivity (Wildman–Crippen MR) is 115 cm³/mol. The normalized spacial score (nSPS) is 14.9. The molecule has 8 heteroatoms. The minimum Gasteiger partial charge on any atom is -0.423 e. The molecule has 1 heterocycles. The molecule has 0 saturated carbocycles. The molecular formula is C23H21FN2O4S. The van der Waals surface area contributed by atoms with Crippen LogP contribution in [0, 0.1) is 5.82 Å². The summed E-state index contributed by atoms with van der Waals surface area (Å²) in [5.74, 6) is -0.977. The Bertz CT molecular complexity index is 1160. The van der Waals surface area contributed by atoms with Crippen LogP contribution < -0.4 is 9.64 Å². The number of rotatable bonds is 5. The number of hydrogen-bond acceptors (Lipinski definition) is 5. The van der Waals surface area contributed by atoms with Crippen molar-refractivity contribution in [2.75, 3.05) is 31.1 Å². The van der Waals surface area contributed by atoms with Crippen molar-refractivity contribution in [3.8, 4) is 5.75 Å². The van der Waals surface area contributed by atoms with E-state index in [1.54, 1.807) is 0 Å². The molecule has 0 unspecified atom stereocenters. The molecule has 3 aromatic rings. The molecule has 0 bridgehead atoms. The number of piperazine rings is 1.